The maximum absolute atomic E-state index is 5.29. The lowest BCUT2D eigenvalue weighted by Crippen LogP contribution is -1.87. The van der Waals surface area contributed by atoms with Crippen LogP contribution in [-0.4, -0.2) is 34.8 Å². The molecule has 0 aliphatic rings. The molecule has 1 N–H and O–H groups in total. The molecule has 0 radical (unpaired) electrons. The van der Waals surface area contributed by atoms with Gasteiger partial charge in [0.25, 0.3) is 0 Å². The van der Waals surface area contributed by atoms with E-state index >= 15 is 0 Å². The average Bonchev–Trinajstić information content (AvgIpc) is 3.34. The van der Waals surface area contributed by atoms with Crippen molar-refractivity contribution >= 4 is 28.8 Å². The monoisotopic (exact) mass is 396 g/mol. The fourth-order valence-electron chi connectivity index (χ4n) is 3.51. The first-order valence-electron chi connectivity index (χ1n) is 9.58. The van der Waals surface area contributed by atoms with E-state index in [-0.39, 0.29) is 0 Å². The fourth-order valence-corrected chi connectivity index (χ4v) is 3.51. The number of nitrogens with one attached hydrogen (secondary N) is 1. The quantitative estimate of drug-likeness (QED) is 0.413. The first-order valence-corrected chi connectivity index (χ1v) is 9.58. The summed E-state index contributed by atoms with van der Waals surface area (Å²) in [5, 5.41) is 0. The number of aromatic nitrogens is 3. The lowest BCUT2D eigenvalue weighted by molar-refractivity contribution is 0.414. The van der Waals surface area contributed by atoms with E-state index in [1.807, 2.05) is 72.9 Å². The molecule has 0 amide bonds. The summed E-state index contributed by atoms with van der Waals surface area (Å²) in [5.41, 5.74) is 4.80. The van der Waals surface area contributed by atoms with Gasteiger partial charge in [0.15, 0.2) is 5.82 Å². The topological polar surface area (TPSA) is 63.9 Å². The number of fused-ring (bicyclic) bond motifs is 3. The number of benzene rings is 3. The molecule has 0 unspecified atom stereocenters. The maximum atomic E-state index is 5.29. The van der Waals surface area contributed by atoms with E-state index in [0.29, 0.717) is 0 Å². The van der Waals surface area contributed by atoms with Crippen LogP contribution in [-0.2, 0) is 0 Å². The lowest BCUT2D eigenvalue weighted by atomic mass is 10.1. The minimum Gasteiger partial charge on any atom is -0.497 e. The molecule has 0 atom stereocenters. The van der Waals surface area contributed by atoms with Gasteiger partial charge in [0.1, 0.15) is 17.2 Å². The van der Waals surface area contributed by atoms with Crippen LogP contribution in [0.25, 0.3) is 28.1 Å². The summed E-state index contributed by atoms with van der Waals surface area (Å²) >= 11 is 0. The first-order chi connectivity index (χ1) is 14.8. The molecular weight excluding hydrogens is 376 g/mol. The third-order valence-corrected chi connectivity index (χ3v) is 5.06. The predicted molar refractivity (Wildman–Crippen MR) is 119 cm³/mol. The van der Waals surface area contributed by atoms with Crippen LogP contribution >= 0.6 is 0 Å². The van der Waals surface area contributed by atoms with Crippen LogP contribution in [0.2, 0.25) is 0 Å². The zero-order chi connectivity index (χ0) is 20.5. The highest BCUT2D eigenvalue weighted by Gasteiger charge is 2.17. The van der Waals surface area contributed by atoms with E-state index in [4.69, 9.17) is 19.5 Å². The molecule has 5 aromatic rings. The van der Waals surface area contributed by atoms with Gasteiger partial charge in [-0.2, -0.15) is 0 Å². The van der Waals surface area contributed by atoms with Gasteiger partial charge >= 0.3 is 0 Å². The van der Waals surface area contributed by atoms with Crippen LogP contribution in [0, 0.1) is 0 Å². The van der Waals surface area contributed by atoms with Crippen LogP contribution in [0.3, 0.4) is 0 Å². The normalized spacial score (nSPS) is 11.5. The van der Waals surface area contributed by atoms with Gasteiger partial charge in [-0.1, -0.05) is 12.1 Å². The highest BCUT2D eigenvalue weighted by atomic mass is 16.5. The van der Waals surface area contributed by atoms with Crippen molar-refractivity contribution in [3.63, 3.8) is 0 Å². The second-order valence-electron chi connectivity index (χ2n) is 6.85. The Hall–Kier alpha value is -4.06. The molecule has 0 saturated heterocycles. The van der Waals surface area contributed by atoms with Gasteiger partial charge in [0, 0.05) is 11.8 Å². The number of methoxy groups -OCH3 is 2. The summed E-state index contributed by atoms with van der Waals surface area (Å²) in [6, 6.07) is 23.8. The zero-order valence-electron chi connectivity index (χ0n) is 16.7. The highest BCUT2D eigenvalue weighted by molar-refractivity contribution is 5.89. The predicted octanol–water partition coefficient (Wildman–Crippen LogP) is 5.25. The number of aromatic amines is 1. The van der Waals surface area contributed by atoms with Gasteiger partial charge in [-0.05, 0) is 66.2 Å². The molecule has 6 heteroatoms. The van der Waals surface area contributed by atoms with Crippen LogP contribution in [0.1, 0.15) is 5.56 Å². The number of hydrogen-bond acceptors (Lipinski definition) is 4. The molecule has 3 aromatic carbocycles. The summed E-state index contributed by atoms with van der Waals surface area (Å²) in [6.07, 6.45) is 1.84. The van der Waals surface area contributed by atoms with Crippen molar-refractivity contribution in [1.82, 2.24) is 14.4 Å². The molecular formula is C24H20N4O2. The van der Waals surface area contributed by atoms with Crippen molar-refractivity contribution in [1.29, 1.82) is 0 Å². The second-order valence-corrected chi connectivity index (χ2v) is 6.85. The SMILES string of the molecule is COc1ccc(/C=N/c2c(-c3ccc(OC)cc3)nc3[nH]c4ccccc4n23)cc1. The average molecular weight is 396 g/mol. The molecule has 0 bridgehead atoms. The highest BCUT2D eigenvalue weighted by Crippen LogP contribution is 2.34. The Balaban J connectivity index is 1.67. The van der Waals surface area contributed by atoms with Crippen LogP contribution in [0.4, 0.5) is 5.82 Å². The standard InChI is InChI=1S/C24H20N4O2/c1-29-18-11-7-16(8-12-18)15-25-23-22(17-9-13-19(30-2)14-10-17)27-24-26-20-5-3-4-6-21(20)28(23)24/h3-15H,1-2H3,(H,26,27)/b25-15+. The minimum absolute atomic E-state index is 0.754. The molecule has 0 aliphatic carbocycles. The van der Waals surface area contributed by atoms with Gasteiger partial charge in [0.2, 0.25) is 5.78 Å². The number of hydrogen-bond donors (Lipinski definition) is 1. The Morgan fingerprint density at radius 1 is 0.867 bits per heavy atom. The number of aliphatic imine (C=N–C) groups is 1. The Morgan fingerprint density at radius 3 is 2.23 bits per heavy atom. The molecule has 0 saturated carbocycles. The smallest absolute Gasteiger partial charge is 0.214 e. The van der Waals surface area contributed by atoms with Crippen LogP contribution in [0.15, 0.2) is 77.8 Å². The number of rotatable bonds is 5. The van der Waals surface area contributed by atoms with Crippen molar-refractivity contribution in [2.45, 2.75) is 0 Å². The van der Waals surface area contributed by atoms with E-state index in [0.717, 1.165) is 50.9 Å². The van der Waals surface area contributed by atoms with E-state index in [1.54, 1.807) is 14.2 Å². The molecule has 2 aromatic heterocycles. The molecule has 6 nitrogen and oxygen atoms in total. The fraction of sp³-hybridized carbons (Fsp3) is 0.0833. The van der Waals surface area contributed by atoms with Crippen molar-refractivity contribution in [2.24, 2.45) is 4.99 Å². The summed E-state index contributed by atoms with van der Waals surface area (Å²) in [7, 11) is 3.32. The van der Waals surface area contributed by atoms with Crippen LogP contribution < -0.4 is 9.47 Å². The van der Waals surface area contributed by atoms with E-state index in [2.05, 4.69) is 15.5 Å². The largest absolute Gasteiger partial charge is 0.497 e. The van der Waals surface area contributed by atoms with Gasteiger partial charge < -0.3 is 14.5 Å². The van der Waals surface area contributed by atoms with Gasteiger partial charge in [-0.15, -0.1) is 0 Å². The van der Waals surface area contributed by atoms with Crippen molar-refractivity contribution in [2.75, 3.05) is 14.2 Å². The van der Waals surface area contributed by atoms with E-state index < -0.39 is 0 Å². The molecule has 148 valence electrons. The second kappa shape index (κ2) is 7.40. The number of H-pyrrole nitrogens is 1. The summed E-state index contributed by atoms with van der Waals surface area (Å²) in [6.45, 7) is 0. The van der Waals surface area contributed by atoms with Crippen molar-refractivity contribution in [3.8, 4) is 22.8 Å². The van der Waals surface area contributed by atoms with Gasteiger partial charge in [-0.25, -0.2) is 9.98 Å². The summed E-state index contributed by atoms with van der Waals surface area (Å²) < 4.78 is 12.6. The van der Waals surface area contributed by atoms with E-state index in [9.17, 15) is 0 Å². The van der Waals surface area contributed by atoms with E-state index in [1.165, 1.54) is 0 Å². The van der Waals surface area contributed by atoms with Gasteiger partial charge in [0.05, 0.1) is 25.3 Å². The minimum atomic E-state index is 0.754. The molecule has 30 heavy (non-hydrogen) atoms. The summed E-state index contributed by atoms with van der Waals surface area (Å²) in [4.78, 5) is 13.1. The Labute approximate surface area is 173 Å². The lowest BCUT2D eigenvalue weighted by Gasteiger charge is -2.03. The number of imidazole rings is 2. The van der Waals surface area contributed by atoms with Crippen molar-refractivity contribution < 1.29 is 9.47 Å². The molecule has 2 heterocycles. The molecule has 0 spiro atoms. The third kappa shape index (κ3) is 3.08. The first kappa shape index (κ1) is 18.0. The Morgan fingerprint density at radius 2 is 1.53 bits per heavy atom. The molecule has 5 rings (SSSR count). The summed E-state index contributed by atoms with van der Waals surface area (Å²) in [5.74, 6) is 3.14. The Bertz CT molecular complexity index is 1350. The number of para-hydroxylation sites is 2. The number of nitrogens with zero attached hydrogens (tertiary/aromatic N) is 3. The van der Waals surface area contributed by atoms with Crippen molar-refractivity contribution in [3.05, 3.63) is 78.4 Å². The molecule has 0 aliphatic heterocycles. The molecule has 0 fully saturated rings. The van der Waals surface area contributed by atoms with Gasteiger partial charge in [-0.3, -0.25) is 4.40 Å². The third-order valence-electron chi connectivity index (χ3n) is 5.06. The number of ether oxygens (including phenoxy) is 2. The Kier molecular flexibility index (Phi) is 4.44. The zero-order valence-corrected chi connectivity index (χ0v) is 16.7. The van der Waals surface area contributed by atoms with Crippen LogP contribution in [0.5, 0.6) is 11.5 Å². The maximum Gasteiger partial charge on any atom is 0.214 e.